The normalized spacial score (nSPS) is 20.2. The third kappa shape index (κ3) is 17.7. The molecule has 0 radical (unpaired) electrons. The third-order valence-electron chi connectivity index (χ3n) is 6.81. The first kappa shape index (κ1) is 35.1. The Kier molecular flexibility index (Phi) is 20.1. The summed E-state index contributed by atoms with van der Waals surface area (Å²) in [5, 5.41) is 14.0. The summed E-state index contributed by atoms with van der Waals surface area (Å²) in [6.07, 6.45) is 20.9. The smallest absolute Gasteiger partial charge is 0.315 e. The minimum Gasteiger partial charge on any atom is -0.352 e. The Labute approximate surface area is 241 Å². The number of nitrogens with one attached hydrogen (secondary N) is 5. The van der Waals surface area contributed by atoms with Crippen molar-refractivity contribution in [1.82, 2.24) is 26.6 Å². The fourth-order valence-corrected chi connectivity index (χ4v) is 4.40. The lowest BCUT2D eigenvalue weighted by atomic mass is 10.1. The van der Waals surface area contributed by atoms with Gasteiger partial charge in [-0.2, -0.15) is 0 Å². The zero-order chi connectivity index (χ0) is 29.4. The number of hydrogen-bond donors (Lipinski definition) is 6. The van der Waals surface area contributed by atoms with Gasteiger partial charge in [0.1, 0.15) is 12.1 Å². The average Bonchev–Trinajstić information content (AvgIpc) is 2.92. The Hall–Kier alpha value is -2.88. The average molecular weight is 563 g/mol. The van der Waals surface area contributed by atoms with Crippen molar-refractivity contribution >= 4 is 23.8 Å². The number of hydrogen-bond acceptors (Lipinski definition) is 5. The van der Waals surface area contributed by atoms with Crippen molar-refractivity contribution < 1.29 is 19.2 Å². The first-order valence-corrected chi connectivity index (χ1v) is 15.3. The Morgan fingerprint density at radius 2 is 1.65 bits per heavy atom. The van der Waals surface area contributed by atoms with Gasteiger partial charge >= 0.3 is 6.03 Å². The highest BCUT2D eigenvalue weighted by Crippen LogP contribution is 2.10. The summed E-state index contributed by atoms with van der Waals surface area (Å²) in [5.74, 6) is -1.05. The summed E-state index contributed by atoms with van der Waals surface area (Å²) in [7, 11) is 0. The lowest BCUT2D eigenvalue weighted by Crippen LogP contribution is -2.55. The monoisotopic (exact) mass is 562 g/mol. The van der Waals surface area contributed by atoms with Gasteiger partial charge in [-0.15, -0.1) is 0 Å². The van der Waals surface area contributed by atoms with E-state index in [1.54, 1.807) is 25.2 Å². The molecule has 1 aliphatic heterocycles. The van der Waals surface area contributed by atoms with Gasteiger partial charge in [0.2, 0.25) is 17.7 Å². The number of unbranched alkanes of at least 4 members (excludes halogenated alkanes) is 10. The molecule has 10 nitrogen and oxygen atoms in total. The Balaban J connectivity index is 2.55. The van der Waals surface area contributed by atoms with Crippen molar-refractivity contribution in [3.63, 3.8) is 0 Å². The van der Waals surface area contributed by atoms with Crippen LogP contribution in [0.15, 0.2) is 24.3 Å². The minimum absolute atomic E-state index is 0.224. The first-order valence-electron chi connectivity index (χ1n) is 15.3. The molecule has 5 amide bonds. The number of nitrogens with two attached hydrogens (primary N) is 1. The molecular weight excluding hydrogens is 508 g/mol. The van der Waals surface area contributed by atoms with Crippen molar-refractivity contribution in [2.45, 2.75) is 122 Å². The second-order valence-corrected chi connectivity index (χ2v) is 10.6. The van der Waals surface area contributed by atoms with E-state index in [-0.39, 0.29) is 5.91 Å². The molecule has 0 saturated carbocycles. The quantitative estimate of drug-likeness (QED) is 0.112. The highest BCUT2D eigenvalue weighted by atomic mass is 16.2. The van der Waals surface area contributed by atoms with Crippen LogP contribution in [0.5, 0.6) is 0 Å². The molecule has 1 heterocycles. The van der Waals surface area contributed by atoms with Gasteiger partial charge in [-0.3, -0.25) is 14.4 Å². The third-order valence-corrected chi connectivity index (χ3v) is 6.81. The molecule has 1 aliphatic rings. The number of urea groups is 1. The molecule has 1 unspecified atom stereocenters. The van der Waals surface area contributed by atoms with E-state index >= 15 is 0 Å². The van der Waals surface area contributed by atoms with E-state index in [0.29, 0.717) is 38.9 Å². The number of carbonyl (C=O) groups excluding carboxylic acids is 4. The van der Waals surface area contributed by atoms with Gasteiger partial charge in [-0.25, -0.2) is 4.79 Å². The molecule has 0 saturated heterocycles. The van der Waals surface area contributed by atoms with Crippen LogP contribution in [0.25, 0.3) is 0 Å². The van der Waals surface area contributed by atoms with E-state index < -0.39 is 36.0 Å². The molecule has 0 aromatic carbocycles. The largest absolute Gasteiger partial charge is 0.352 e. The summed E-state index contributed by atoms with van der Waals surface area (Å²) >= 11 is 0. The van der Waals surface area contributed by atoms with E-state index in [4.69, 9.17) is 5.73 Å². The predicted molar refractivity (Wildman–Crippen MR) is 161 cm³/mol. The molecule has 1 rings (SSSR count). The van der Waals surface area contributed by atoms with Gasteiger partial charge in [0, 0.05) is 25.2 Å². The van der Waals surface area contributed by atoms with Crippen LogP contribution in [0.3, 0.4) is 0 Å². The second kappa shape index (κ2) is 22.9. The van der Waals surface area contributed by atoms with Gasteiger partial charge in [-0.05, 0) is 45.6 Å². The minimum atomic E-state index is -0.910. The van der Waals surface area contributed by atoms with Crippen LogP contribution < -0.4 is 32.3 Å². The summed E-state index contributed by atoms with van der Waals surface area (Å²) < 4.78 is 0. The molecule has 228 valence electrons. The van der Waals surface area contributed by atoms with E-state index in [1.807, 2.05) is 0 Å². The van der Waals surface area contributed by atoms with Crippen molar-refractivity contribution in [2.24, 2.45) is 5.73 Å². The maximum absolute atomic E-state index is 13.2. The first-order chi connectivity index (χ1) is 19.4. The number of amides is 5. The van der Waals surface area contributed by atoms with E-state index in [2.05, 4.69) is 33.5 Å². The fraction of sp³-hybridized carbons (Fsp3) is 0.733. The van der Waals surface area contributed by atoms with Crippen LogP contribution in [0.2, 0.25) is 0 Å². The summed E-state index contributed by atoms with van der Waals surface area (Å²) in [6.45, 7) is 5.43. The predicted octanol–water partition coefficient (Wildman–Crippen LogP) is 3.33. The van der Waals surface area contributed by atoms with E-state index in [1.165, 1.54) is 57.4 Å². The number of carbonyl (C=O) groups is 4. The second-order valence-electron chi connectivity index (χ2n) is 10.6. The molecular formula is C30H54N6O4. The summed E-state index contributed by atoms with van der Waals surface area (Å²) in [6, 6.07) is -2.50. The van der Waals surface area contributed by atoms with Crippen LogP contribution in [-0.4, -0.2) is 61.5 Å². The van der Waals surface area contributed by atoms with E-state index in [9.17, 15) is 19.2 Å². The summed E-state index contributed by atoms with van der Waals surface area (Å²) in [5.41, 5.74) is 5.62. The molecule has 3 atom stereocenters. The number of rotatable bonds is 18. The molecule has 7 N–H and O–H groups in total. The maximum Gasteiger partial charge on any atom is 0.315 e. The Morgan fingerprint density at radius 3 is 2.33 bits per heavy atom. The topological polar surface area (TPSA) is 154 Å². The molecule has 0 aromatic heterocycles. The van der Waals surface area contributed by atoms with Crippen molar-refractivity contribution in [3.8, 4) is 0 Å². The fourth-order valence-electron chi connectivity index (χ4n) is 4.40. The Morgan fingerprint density at radius 1 is 0.975 bits per heavy atom. The molecule has 40 heavy (non-hydrogen) atoms. The zero-order valence-corrected chi connectivity index (χ0v) is 24.8. The summed E-state index contributed by atoms with van der Waals surface area (Å²) in [4.78, 5) is 50.3. The van der Waals surface area contributed by atoms with Crippen LogP contribution in [0.4, 0.5) is 4.79 Å². The van der Waals surface area contributed by atoms with Gasteiger partial charge in [0.15, 0.2) is 0 Å². The molecule has 0 spiro atoms. The van der Waals surface area contributed by atoms with Gasteiger partial charge in [0.25, 0.3) is 0 Å². The van der Waals surface area contributed by atoms with Gasteiger partial charge in [-0.1, -0.05) is 82.9 Å². The molecule has 0 aromatic rings. The van der Waals surface area contributed by atoms with Crippen LogP contribution in [-0.2, 0) is 14.4 Å². The van der Waals surface area contributed by atoms with Crippen LogP contribution in [0.1, 0.15) is 104 Å². The zero-order valence-electron chi connectivity index (χ0n) is 24.8. The van der Waals surface area contributed by atoms with Gasteiger partial charge < -0.3 is 32.3 Å². The van der Waals surface area contributed by atoms with Crippen LogP contribution in [0, 0.1) is 0 Å². The van der Waals surface area contributed by atoms with Crippen molar-refractivity contribution in [3.05, 3.63) is 24.3 Å². The van der Waals surface area contributed by atoms with Crippen molar-refractivity contribution in [1.29, 1.82) is 0 Å². The van der Waals surface area contributed by atoms with Crippen LogP contribution >= 0.6 is 0 Å². The highest BCUT2D eigenvalue weighted by molar-refractivity contribution is 5.93. The van der Waals surface area contributed by atoms with Crippen molar-refractivity contribution in [2.75, 3.05) is 19.6 Å². The van der Waals surface area contributed by atoms with E-state index in [0.717, 1.165) is 19.3 Å². The maximum atomic E-state index is 13.2. The lowest BCUT2D eigenvalue weighted by Gasteiger charge is -2.23. The highest BCUT2D eigenvalue weighted by Gasteiger charge is 2.25. The molecule has 0 aliphatic carbocycles. The standard InChI is InChI=1S/C30H54N6O4/c1-3-4-5-6-7-8-9-10-11-15-23-33-30(40)36-26(17-12-14-21-31)29(39)35-25-18-13-16-22-32-27(37)20-19-24(2)34-28(25)38/h13,18-20,24-26H,3-12,14-17,21-23,31H2,1-2H3,(H,32,37)(H,34,38)(H,35,39)(H2,33,36,40)/b18-13+,20-19+/t24-,25-,26?/m0/s1. The molecule has 10 heteroatoms. The lowest BCUT2D eigenvalue weighted by molar-refractivity contribution is -0.129. The SMILES string of the molecule is CCCCCCCCCCCCNC(=O)NC(CCCCN)C(=O)N[C@H]1/C=C/CCNC(=O)/C=C/[C@H](C)NC1=O. The Bertz CT molecular complexity index is 801. The van der Waals surface area contributed by atoms with Gasteiger partial charge in [0.05, 0.1) is 0 Å². The molecule has 0 bridgehead atoms. The molecule has 0 fully saturated rings.